The number of esters is 3. The topological polar surface area (TPSA) is 137 Å². The van der Waals surface area contributed by atoms with Crippen LogP contribution in [0.3, 0.4) is 0 Å². The van der Waals surface area contributed by atoms with Gasteiger partial charge in [0.2, 0.25) is 0 Å². The normalized spacial score (nSPS) is 24.5. The first kappa shape index (κ1) is 24.1. The van der Waals surface area contributed by atoms with Crippen LogP contribution in [0.1, 0.15) is 31.1 Å². The van der Waals surface area contributed by atoms with E-state index < -0.39 is 61.1 Å². The van der Waals surface area contributed by atoms with Crippen LogP contribution in [0.25, 0.3) is 10.8 Å². The zero-order valence-corrected chi connectivity index (χ0v) is 18.3. The molecule has 0 aromatic heterocycles. The van der Waals surface area contributed by atoms with Crippen molar-refractivity contribution in [2.24, 2.45) is 0 Å². The fraction of sp³-hybridized carbons (Fsp3) is 0.391. The molecule has 1 saturated heterocycles. The third kappa shape index (κ3) is 5.85. The Morgan fingerprint density at radius 3 is 2.03 bits per heavy atom. The smallest absolute Gasteiger partial charge is 0.303 e. The molecule has 1 heterocycles. The van der Waals surface area contributed by atoms with Crippen LogP contribution in [0.5, 0.6) is 0 Å². The average molecular weight is 459 g/mol. The van der Waals surface area contributed by atoms with Gasteiger partial charge in [-0.05, 0) is 22.9 Å². The molecule has 0 radical (unpaired) electrons. The van der Waals surface area contributed by atoms with Gasteiger partial charge in [0.25, 0.3) is 5.91 Å². The van der Waals surface area contributed by atoms with Crippen molar-refractivity contribution in [3.8, 4) is 0 Å². The Kier molecular flexibility index (Phi) is 7.62. The molecule has 10 nitrogen and oxygen atoms in total. The maximum Gasteiger partial charge on any atom is 0.303 e. The van der Waals surface area contributed by atoms with E-state index in [1.807, 2.05) is 24.3 Å². The van der Waals surface area contributed by atoms with Gasteiger partial charge >= 0.3 is 17.9 Å². The SMILES string of the molecule is CC(=O)O[C@H]1[C@H](OC(C)=O)[C@@H](OC(C)=O)C(NC(=O)c2ccc3ccccc3c2)O[C@@H]1CO. The summed E-state index contributed by atoms with van der Waals surface area (Å²) in [6.07, 6.45) is -6.41. The highest BCUT2D eigenvalue weighted by molar-refractivity contribution is 5.98. The van der Waals surface area contributed by atoms with Crippen molar-refractivity contribution >= 4 is 34.6 Å². The van der Waals surface area contributed by atoms with Crippen LogP contribution >= 0.6 is 0 Å². The Labute approximate surface area is 189 Å². The van der Waals surface area contributed by atoms with Crippen LogP contribution in [0.2, 0.25) is 0 Å². The Balaban J connectivity index is 1.92. The second-order valence-electron chi connectivity index (χ2n) is 7.54. The van der Waals surface area contributed by atoms with E-state index in [-0.39, 0.29) is 0 Å². The zero-order chi connectivity index (χ0) is 24.1. The van der Waals surface area contributed by atoms with Crippen molar-refractivity contribution in [2.45, 2.75) is 51.4 Å². The number of rotatable bonds is 6. The Morgan fingerprint density at radius 2 is 1.42 bits per heavy atom. The number of ether oxygens (including phenoxy) is 4. The molecule has 1 fully saturated rings. The number of fused-ring (bicyclic) bond motifs is 1. The fourth-order valence-electron chi connectivity index (χ4n) is 3.70. The van der Waals surface area contributed by atoms with Gasteiger partial charge in [-0.1, -0.05) is 30.3 Å². The molecule has 1 aliphatic rings. The van der Waals surface area contributed by atoms with Gasteiger partial charge in [-0.15, -0.1) is 0 Å². The predicted octanol–water partition coefficient (Wildman–Crippen LogP) is 1.08. The number of hydrogen-bond donors (Lipinski definition) is 2. The van der Waals surface area contributed by atoms with E-state index >= 15 is 0 Å². The summed E-state index contributed by atoms with van der Waals surface area (Å²) in [5.41, 5.74) is 0.311. The molecule has 0 spiro atoms. The van der Waals surface area contributed by atoms with Gasteiger partial charge in [-0.3, -0.25) is 19.2 Å². The molecule has 0 bridgehead atoms. The maximum absolute atomic E-state index is 13.0. The van der Waals surface area contributed by atoms with Crippen molar-refractivity contribution in [2.75, 3.05) is 6.61 Å². The minimum atomic E-state index is -1.34. The highest BCUT2D eigenvalue weighted by atomic mass is 16.7. The predicted molar refractivity (Wildman–Crippen MR) is 114 cm³/mol. The van der Waals surface area contributed by atoms with Crippen LogP contribution in [0.15, 0.2) is 42.5 Å². The fourth-order valence-corrected chi connectivity index (χ4v) is 3.70. The quantitative estimate of drug-likeness (QED) is 0.480. The van der Waals surface area contributed by atoms with Gasteiger partial charge in [0.15, 0.2) is 24.5 Å². The highest BCUT2D eigenvalue weighted by Crippen LogP contribution is 2.28. The van der Waals surface area contributed by atoms with Gasteiger partial charge in [0, 0.05) is 26.3 Å². The van der Waals surface area contributed by atoms with Gasteiger partial charge in [-0.25, -0.2) is 0 Å². The first-order valence-electron chi connectivity index (χ1n) is 10.3. The monoisotopic (exact) mass is 459 g/mol. The number of amides is 1. The van der Waals surface area contributed by atoms with E-state index in [9.17, 15) is 24.3 Å². The molecule has 2 aromatic rings. The minimum absolute atomic E-state index is 0.311. The van der Waals surface area contributed by atoms with Crippen molar-refractivity contribution in [3.63, 3.8) is 0 Å². The van der Waals surface area contributed by atoms with Gasteiger partial charge < -0.3 is 29.4 Å². The first-order valence-corrected chi connectivity index (χ1v) is 10.3. The summed E-state index contributed by atoms with van der Waals surface area (Å²) in [6, 6.07) is 12.6. The minimum Gasteiger partial charge on any atom is -0.456 e. The number of carbonyl (C=O) groups is 4. The molecule has 176 valence electrons. The van der Waals surface area contributed by atoms with Gasteiger partial charge in [0.05, 0.1) is 6.61 Å². The molecule has 1 aliphatic heterocycles. The third-order valence-electron chi connectivity index (χ3n) is 5.00. The Morgan fingerprint density at radius 1 is 0.848 bits per heavy atom. The van der Waals surface area contributed by atoms with Gasteiger partial charge in [-0.2, -0.15) is 0 Å². The maximum atomic E-state index is 13.0. The van der Waals surface area contributed by atoms with Crippen LogP contribution < -0.4 is 5.32 Å². The first-order chi connectivity index (χ1) is 15.7. The lowest BCUT2D eigenvalue weighted by Gasteiger charge is -2.44. The number of nitrogens with one attached hydrogen (secondary N) is 1. The Hall–Kier alpha value is -3.50. The lowest BCUT2D eigenvalue weighted by molar-refractivity contribution is -0.254. The highest BCUT2D eigenvalue weighted by Gasteiger charge is 2.52. The van der Waals surface area contributed by atoms with E-state index in [4.69, 9.17) is 18.9 Å². The van der Waals surface area contributed by atoms with Crippen molar-refractivity contribution < 1.29 is 43.2 Å². The number of aliphatic hydroxyl groups is 1. The molecule has 0 saturated carbocycles. The standard InChI is InChI=1S/C23H25NO9/c1-12(26)30-19-18(11-25)33-23(21(32-14(3)28)20(19)31-13(2)27)24-22(29)17-9-8-15-6-4-5-7-16(15)10-17/h4-10,18-21,23,25H,11H2,1-3H3,(H,24,29)/t18-,19-,20+,21-,23?/m1/s1. The molecule has 1 unspecified atom stereocenters. The second-order valence-corrected chi connectivity index (χ2v) is 7.54. The van der Waals surface area contributed by atoms with Crippen molar-refractivity contribution in [3.05, 3.63) is 48.0 Å². The summed E-state index contributed by atoms with van der Waals surface area (Å²) in [6.45, 7) is 2.77. The van der Waals surface area contributed by atoms with E-state index in [0.717, 1.165) is 31.5 Å². The lowest BCUT2D eigenvalue weighted by Crippen LogP contribution is -2.66. The van der Waals surface area contributed by atoms with E-state index in [1.54, 1.807) is 18.2 Å². The third-order valence-corrected chi connectivity index (χ3v) is 5.00. The number of aliphatic hydroxyl groups excluding tert-OH is 1. The number of benzene rings is 2. The molecule has 5 atom stereocenters. The molecule has 10 heteroatoms. The largest absolute Gasteiger partial charge is 0.456 e. The van der Waals surface area contributed by atoms with Crippen LogP contribution in [-0.2, 0) is 33.3 Å². The molecule has 1 amide bonds. The number of hydrogen-bond acceptors (Lipinski definition) is 9. The lowest BCUT2D eigenvalue weighted by atomic mass is 9.97. The molecule has 2 aromatic carbocycles. The van der Waals surface area contributed by atoms with E-state index in [0.29, 0.717) is 5.56 Å². The average Bonchev–Trinajstić information content (AvgIpc) is 2.76. The van der Waals surface area contributed by atoms with Crippen molar-refractivity contribution in [1.82, 2.24) is 5.32 Å². The summed E-state index contributed by atoms with van der Waals surface area (Å²) >= 11 is 0. The van der Waals surface area contributed by atoms with Crippen LogP contribution in [-0.4, -0.2) is 66.2 Å². The molecule has 2 N–H and O–H groups in total. The summed E-state index contributed by atoms with van der Waals surface area (Å²) in [4.78, 5) is 48.1. The molecule has 33 heavy (non-hydrogen) atoms. The van der Waals surface area contributed by atoms with Crippen molar-refractivity contribution in [1.29, 1.82) is 0 Å². The summed E-state index contributed by atoms with van der Waals surface area (Å²) in [5, 5.41) is 14.2. The number of carbonyl (C=O) groups excluding carboxylic acids is 4. The summed E-state index contributed by atoms with van der Waals surface area (Å²) < 4.78 is 21.5. The summed E-state index contributed by atoms with van der Waals surface area (Å²) in [5.74, 6) is -2.76. The molecular formula is C23H25NO9. The second kappa shape index (κ2) is 10.4. The van der Waals surface area contributed by atoms with Crippen LogP contribution in [0, 0.1) is 0 Å². The molecular weight excluding hydrogens is 434 g/mol. The Bertz CT molecular complexity index is 1050. The zero-order valence-electron chi connectivity index (χ0n) is 18.3. The van der Waals surface area contributed by atoms with E-state index in [1.165, 1.54) is 0 Å². The van der Waals surface area contributed by atoms with E-state index in [2.05, 4.69) is 5.32 Å². The molecule has 0 aliphatic carbocycles. The molecule has 3 rings (SSSR count). The van der Waals surface area contributed by atoms with Gasteiger partial charge in [0.1, 0.15) is 6.10 Å². The summed E-state index contributed by atoms with van der Waals surface area (Å²) in [7, 11) is 0. The van der Waals surface area contributed by atoms with Crippen LogP contribution in [0.4, 0.5) is 0 Å².